The van der Waals surface area contributed by atoms with Crippen molar-refractivity contribution in [2.24, 2.45) is 11.8 Å². The predicted molar refractivity (Wildman–Crippen MR) is 50.5 cm³/mol. The lowest BCUT2D eigenvalue weighted by Gasteiger charge is -1.94. The van der Waals surface area contributed by atoms with Crippen LogP contribution in [0.25, 0.3) is 0 Å². The third-order valence-electron chi connectivity index (χ3n) is 2.52. The molecule has 0 aromatic heterocycles. The van der Waals surface area contributed by atoms with Crippen molar-refractivity contribution in [3.8, 4) is 0 Å². The van der Waals surface area contributed by atoms with Gasteiger partial charge in [0.2, 0.25) is 0 Å². The molecule has 2 atom stereocenters. The number of hydrogen-bond acceptors (Lipinski definition) is 0. The Kier molecular flexibility index (Phi) is 3.41. The van der Waals surface area contributed by atoms with Gasteiger partial charge in [-0.25, -0.2) is 0 Å². The molecule has 0 aromatic rings. The molecule has 1 aliphatic carbocycles. The molecular formula is C11H18. The van der Waals surface area contributed by atoms with Crippen LogP contribution < -0.4 is 0 Å². The second-order valence-corrected chi connectivity index (χ2v) is 3.50. The molecule has 0 N–H and O–H groups in total. The van der Waals surface area contributed by atoms with Crippen LogP contribution in [0.3, 0.4) is 0 Å². The molecule has 62 valence electrons. The van der Waals surface area contributed by atoms with E-state index in [1.165, 1.54) is 32.1 Å². The van der Waals surface area contributed by atoms with Gasteiger partial charge >= 0.3 is 0 Å². The van der Waals surface area contributed by atoms with Crippen molar-refractivity contribution < 1.29 is 0 Å². The first kappa shape index (κ1) is 8.58. The van der Waals surface area contributed by atoms with E-state index >= 15 is 0 Å². The topological polar surface area (TPSA) is 0 Å². The highest BCUT2D eigenvalue weighted by atomic mass is 14.4. The Bertz CT molecular complexity index is 135. The monoisotopic (exact) mass is 150 g/mol. The lowest BCUT2D eigenvalue weighted by atomic mass is 10.1. The van der Waals surface area contributed by atoms with E-state index in [1.54, 1.807) is 0 Å². The normalized spacial score (nSPS) is 28.0. The highest BCUT2D eigenvalue weighted by Gasteiger charge is 2.34. The molecule has 0 spiro atoms. The largest absolute Gasteiger partial charge is 0.103 e. The summed E-state index contributed by atoms with van der Waals surface area (Å²) in [6.45, 7) is 7.47. The second-order valence-electron chi connectivity index (χ2n) is 3.50. The van der Waals surface area contributed by atoms with Gasteiger partial charge < -0.3 is 0 Å². The van der Waals surface area contributed by atoms with Crippen molar-refractivity contribution in [3.63, 3.8) is 0 Å². The van der Waals surface area contributed by atoms with Crippen LogP contribution in [-0.2, 0) is 0 Å². The number of unbranched alkanes of at least 4 members (excludes halogenated alkanes) is 1. The van der Waals surface area contributed by atoms with Crippen LogP contribution in [0.5, 0.6) is 0 Å². The van der Waals surface area contributed by atoms with Gasteiger partial charge in [0.05, 0.1) is 0 Å². The van der Waals surface area contributed by atoms with Crippen LogP contribution in [0.1, 0.15) is 32.1 Å². The van der Waals surface area contributed by atoms with Crippen LogP contribution in [0.2, 0.25) is 0 Å². The molecular weight excluding hydrogens is 132 g/mol. The molecule has 1 saturated carbocycles. The summed E-state index contributed by atoms with van der Waals surface area (Å²) in [6.07, 6.45) is 10.7. The standard InChI is InChI=1S/C11H18/c1-3-5-6-8-11-9-10(11)7-4-2/h3-4,10-11H,1-2,5-9H2/t10-,11-/m0/s1. The number of allylic oxidation sites excluding steroid dienone is 2. The summed E-state index contributed by atoms with van der Waals surface area (Å²) in [5, 5.41) is 0. The van der Waals surface area contributed by atoms with Gasteiger partial charge in [0.1, 0.15) is 0 Å². The Morgan fingerprint density at radius 2 is 2.00 bits per heavy atom. The van der Waals surface area contributed by atoms with E-state index in [0.717, 1.165) is 11.8 Å². The SMILES string of the molecule is C=CCCC[C@H]1C[C@@H]1CC=C. The minimum Gasteiger partial charge on any atom is -0.103 e. The maximum absolute atomic E-state index is 3.76. The Hall–Kier alpha value is -0.520. The zero-order valence-corrected chi connectivity index (χ0v) is 7.26. The Morgan fingerprint density at radius 1 is 1.18 bits per heavy atom. The summed E-state index contributed by atoms with van der Waals surface area (Å²) in [5.41, 5.74) is 0. The number of hydrogen-bond donors (Lipinski definition) is 0. The van der Waals surface area contributed by atoms with E-state index in [4.69, 9.17) is 0 Å². The van der Waals surface area contributed by atoms with E-state index in [9.17, 15) is 0 Å². The lowest BCUT2D eigenvalue weighted by Crippen LogP contribution is -1.81. The van der Waals surface area contributed by atoms with Gasteiger partial charge in [-0.1, -0.05) is 12.2 Å². The lowest BCUT2D eigenvalue weighted by molar-refractivity contribution is 0.618. The maximum Gasteiger partial charge on any atom is -0.0322 e. The zero-order valence-electron chi connectivity index (χ0n) is 7.26. The molecule has 0 aromatic carbocycles. The van der Waals surface area contributed by atoms with E-state index < -0.39 is 0 Å². The van der Waals surface area contributed by atoms with Gasteiger partial charge in [0, 0.05) is 0 Å². The molecule has 0 radical (unpaired) electrons. The van der Waals surface area contributed by atoms with Crippen LogP contribution >= 0.6 is 0 Å². The Morgan fingerprint density at radius 3 is 2.64 bits per heavy atom. The van der Waals surface area contributed by atoms with Crippen molar-refractivity contribution in [2.75, 3.05) is 0 Å². The van der Waals surface area contributed by atoms with Crippen molar-refractivity contribution in [1.29, 1.82) is 0 Å². The Balaban J connectivity index is 1.95. The highest BCUT2D eigenvalue weighted by molar-refractivity contribution is 4.90. The van der Waals surface area contributed by atoms with Gasteiger partial charge in [-0.05, 0) is 43.9 Å². The quantitative estimate of drug-likeness (QED) is 0.401. The molecule has 0 saturated heterocycles. The average Bonchev–Trinajstić information content (AvgIpc) is 2.70. The predicted octanol–water partition coefficient (Wildman–Crippen LogP) is 3.55. The smallest absolute Gasteiger partial charge is 0.0322 e. The molecule has 0 bridgehead atoms. The van der Waals surface area contributed by atoms with Gasteiger partial charge in [0.25, 0.3) is 0 Å². The minimum absolute atomic E-state index is 0.984. The summed E-state index contributed by atoms with van der Waals surface area (Å²) in [7, 11) is 0. The molecule has 0 heteroatoms. The molecule has 11 heavy (non-hydrogen) atoms. The third-order valence-corrected chi connectivity index (χ3v) is 2.52. The van der Waals surface area contributed by atoms with Gasteiger partial charge in [-0.15, -0.1) is 13.2 Å². The molecule has 0 nitrogen and oxygen atoms in total. The van der Waals surface area contributed by atoms with E-state index in [0.29, 0.717) is 0 Å². The maximum atomic E-state index is 3.76. The highest BCUT2D eigenvalue weighted by Crippen LogP contribution is 2.44. The first-order valence-electron chi connectivity index (χ1n) is 4.60. The summed E-state index contributed by atoms with van der Waals surface area (Å²) in [5.74, 6) is 2.00. The molecule has 1 fully saturated rings. The van der Waals surface area contributed by atoms with Crippen LogP contribution in [0.4, 0.5) is 0 Å². The van der Waals surface area contributed by atoms with Crippen molar-refractivity contribution in [1.82, 2.24) is 0 Å². The van der Waals surface area contributed by atoms with Crippen LogP contribution in [0, 0.1) is 11.8 Å². The second kappa shape index (κ2) is 4.38. The van der Waals surface area contributed by atoms with Gasteiger partial charge in [0.15, 0.2) is 0 Å². The fourth-order valence-electron chi connectivity index (χ4n) is 1.69. The van der Waals surface area contributed by atoms with Crippen molar-refractivity contribution in [2.45, 2.75) is 32.1 Å². The summed E-state index contributed by atoms with van der Waals surface area (Å²) >= 11 is 0. The molecule has 0 aliphatic heterocycles. The molecule has 0 unspecified atom stereocenters. The average molecular weight is 150 g/mol. The first-order valence-corrected chi connectivity index (χ1v) is 4.60. The van der Waals surface area contributed by atoms with Crippen LogP contribution in [-0.4, -0.2) is 0 Å². The molecule has 0 heterocycles. The van der Waals surface area contributed by atoms with Crippen molar-refractivity contribution >= 4 is 0 Å². The van der Waals surface area contributed by atoms with Crippen molar-refractivity contribution in [3.05, 3.63) is 25.3 Å². The van der Waals surface area contributed by atoms with E-state index in [-0.39, 0.29) is 0 Å². The summed E-state index contributed by atoms with van der Waals surface area (Å²) in [6, 6.07) is 0. The van der Waals surface area contributed by atoms with E-state index in [2.05, 4.69) is 19.2 Å². The zero-order chi connectivity index (χ0) is 8.10. The molecule has 0 amide bonds. The summed E-state index contributed by atoms with van der Waals surface area (Å²) in [4.78, 5) is 0. The molecule has 1 rings (SSSR count). The van der Waals surface area contributed by atoms with Gasteiger partial charge in [-0.3, -0.25) is 0 Å². The summed E-state index contributed by atoms with van der Waals surface area (Å²) < 4.78 is 0. The number of rotatable bonds is 6. The molecule has 1 aliphatic rings. The van der Waals surface area contributed by atoms with E-state index in [1.807, 2.05) is 6.08 Å². The fraction of sp³-hybridized carbons (Fsp3) is 0.636. The fourth-order valence-corrected chi connectivity index (χ4v) is 1.69. The third kappa shape index (κ3) is 2.92. The first-order chi connectivity index (χ1) is 5.38. The Labute approximate surface area is 70.0 Å². The van der Waals surface area contributed by atoms with Gasteiger partial charge in [-0.2, -0.15) is 0 Å². The van der Waals surface area contributed by atoms with Crippen LogP contribution in [0.15, 0.2) is 25.3 Å². The minimum atomic E-state index is 0.984.